The first-order chi connectivity index (χ1) is 19.6. The molecule has 0 aliphatic heterocycles. The van der Waals surface area contributed by atoms with Crippen molar-refractivity contribution in [3.8, 4) is 17.5 Å². The van der Waals surface area contributed by atoms with Crippen molar-refractivity contribution < 1.29 is 31.9 Å². The van der Waals surface area contributed by atoms with Crippen LogP contribution in [-0.4, -0.2) is 49.9 Å². The van der Waals surface area contributed by atoms with Gasteiger partial charge in [0, 0.05) is 25.9 Å². The van der Waals surface area contributed by atoms with E-state index in [2.05, 4.69) is 36.7 Å². The molecule has 0 amide bonds. The van der Waals surface area contributed by atoms with Crippen LogP contribution in [0.15, 0.2) is 52.2 Å². The predicted octanol–water partition coefficient (Wildman–Crippen LogP) is 4.70. The van der Waals surface area contributed by atoms with Gasteiger partial charge >= 0.3 is 12.1 Å². The molecule has 0 fully saturated rings. The number of hydrogen-bond donors (Lipinski definition) is 0. The van der Waals surface area contributed by atoms with Crippen molar-refractivity contribution in [2.75, 3.05) is 19.8 Å². The lowest BCUT2D eigenvalue weighted by Gasteiger charge is -2.12. The van der Waals surface area contributed by atoms with Gasteiger partial charge in [-0.05, 0) is 52.7 Å². The molecule has 1 aromatic carbocycles. The molecule has 0 bridgehead atoms. The average molecular weight is 728 g/mol. The lowest BCUT2D eigenvalue weighted by Crippen LogP contribution is -2.40. The molecule has 3 heterocycles. The highest BCUT2D eigenvalue weighted by Crippen LogP contribution is 2.26. The topological polar surface area (TPSA) is 112 Å². The van der Waals surface area contributed by atoms with E-state index >= 15 is 0 Å². The number of hydrogen-bond acceptors (Lipinski definition) is 8. The Morgan fingerprint density at radius 3 is 2.51 bits per heavy atom. The summed E-state index contributed by atoms with van der Waals surface area (Å²) in [5, 5.41) is 0.432. The maximum atomic E-state index is 13.5. The summed E-state index contributed by atoms with van der Waals surface area (Å²) >= 11 is 8.06. The third-order valence-corrected chi connectivity index (χ3v) is 7.08. The molecule has 3 aromatic heterocycles. The zero-order valence-corrected chi connectivity index (χ0v) is 25.3. The molecule has 0 aliphatic rings. The van der Waals surface area contributed by atoms with Gasteiger partial charge in [-0.25, -0.2) is 4.79 Å². The molecule has 11 nitrogen and oxygen atoms in total. The van der Waals surface area contributed by atoms with E-state index < -0.39 is 23.4 Å². The Balaban J connectivity index is 1.60. The molecular weight excluding hydrogens is 705 g/mol. The van der Waals surface area contributed by atoms with Crippen molar-refractivity contribution in [2.24, 2.45) is 7.05 Å². The fourth-order valence-electron chi connectivity index (χ4n) is 3.85. The highest BCUT2D eigenvalue weighted by atomic mass is 127. The summed E-state index contributed by atoms with van der Waals surface area (Å²) in [6, 6.07) is 8.42. The molecule has 0 radical (unpaired) electrons. The standard InChI is InChI=1S/C24H23ClF3IN5O6P/c1-32-20-19(21(35)33(23(32)36)8-3-9-39-41-29)34(14-16-7-6-15(25)13-30-16)22(31-20)38-11-10-37-17-4-2-5-18(12-17)40-24(26,27)28/h2,4-7,12-13,41H,3,8-11,14H2,1H3. The molecule has 4 rings (SSSR count). The van der Waals surface area contributed by atoms with Gasteiger partial charge in [-0.1, -0.05) is 17.7 Å². The highest BCUT2D eigenvalue weighted by Gasteiger charge is 2.31. The largest absolute Gasteiger partial charge is 0.573 e. The molecule has 17 heteroatoms. The minimum absolute atomic E-state index is 0.0220. The highest BCUT2D eigenvalue weighted by molar-refractivity contribution is 14.2. The first kappa shape index (κ1) is 31.1. The number of pyridine rings is 1. The second-order valence-corrected chi connectivity index (χ2v) is 10.6. The van der Waals surface area contributed by atoms with Crippen molar-refractivity contribution in [2.45, 2.75) is 25.9 Å². The predicted molar refractivity (Wildman–Crippen MR) is 155 cm³/mol. The van der Waals surface area contributed by atoms with Crippen molar-refractivity contribution in [1.82, 2.24) is 23.7 Å². The smallest absolute Gasteiger partial charge is 0.490 e. The fourth-order valence-corrected chi connectivity index (χ4v) is 4.85. The molecule has 0 saturated heterocycles. The van der Waals surface area contributed by atoms with Gasteiger partial charge in [0.1, 0.15) is 24.7 Å². The average Bonchev–Trinajstić information content (AvgIpc) is 3.28. The van der Waals surface area contributed by atoms with Crippen LogP contribution in [0.25, 0.3) is 11.2 Å². The van der Waals surface area contributed by atoms with Gasteiger partial charge in [0.2, 0.25) is 0 Å². The van der Waals surface area contributed by atoms with Crippen molar-refractivity contribution in [3.05, 3.63) is 74.1 Å². The Hall–Kier alpha value is -2.88. The fraction of sp³-hybridized carbons (Fsp3) is 0.333. The second kappa shape index (κ2) is 13.9. The van der Waals surface area contributed by atoms with Crippen LogP contribution in [0, 0.1) is 0 Å². The Morgan fingerprint density at radius 2 is 1.80 bits per heavy atom. The number of rotatable bonds is 13. The van der Waals surface area contributed by atoms with Gasteiger partial charge in [-0.2, -0.15) is 4.98 Å². The number of halogens is 5. The minimum atomic E-state index is -4.83. The van der Waals surface area contributed by atoms with Crippen LogP contribution in [0.5, 0.6) is 17.5 Å². The summed E-state index contributed by atoms with van der Waals surface area (Å²) in [4.78, 5) is 35.2. The third-order valence-electron chi connectivity index (χ3n) is 5.61. The normalized spacial score (nSPS) is 12.0. The summed E-state index contributed by atoms with van der Waals surface area (Å²) in [6.07, 6.45) is -2.91. The monoisotopic (exact) mass is 727 g/mol. The van der Waals surface area contributed by atoms with Gasteiger partial charge in [0.25, 0.3) is 11.6 Å². The van der Waals surface area contributed by atoms with Crippen LogP contribution in [0.2, 0.25) is 5.02 Å². The van der Waals surface area contributed by atoms with E-state index in [0.717, 1.165) is 16.7 Å². The van der Waals surface area contributed by atoms with E-state index in [1.165, 1.54) is 34.5 Å². The van der Waals surface area contributed by atoms with Crippen LogP contribution < -0.4 is 25.5 Å². The van der Waals surface area contributed by atoms with Gasteiger partial charge < -0.3 is 18.7 Å². The molecule has 220 valence electrons. The van der Waals surface area contributed by atoms with E-state index in [0.29, 0.717) is 23.7 Å². The van der Waals surface area contributed by atoms with E-state index in [-0.39, 0.29) is 55.7 Å². The summed E-state index contributed by atoms with van der Waals surface area (Å²) in [6.45, 7) is 0.723. The lowest BCUT2D eigenvalue weighted by atomic mass is 10.3. The summed E-state index contributed by atoms with van der Waals surface area (Å²) < 4.78 is 62.0. The van der Waals surface area contributed by atoms with Gasteiger partial charge in [-0.15, -0.1) is 13.2 Å². The number of nitrogens with zero attached hydrogens (tertiary/aromatic N) is 5. The number of fused-ring (bicyclic) bond motifs is 1. The lowest BCUT2D eigenvalue weighted by molar-refractivity contribution is -0.274. The number of aryl methyl sites for hydroxylation is 1. The quantitative estimate of drug-likeness (QED) is 0.111. The molecule has 1 unspecified atom stereocenters. The Bertz CT molecular complexity index is 1610. The maximum Gasteiger partial charge on any atom is 0.573 e. The molecule has 0 spiro atoms. The number of benzene rings is 1. The van der Waals surface area contributed by atoms with Crippen molar-refractivity contribution in [1.29, 1.82) is 0 Å². The maximum absolute atomic E-state index is 13.5. The molecule has 0 saturated carbocycles. The third kappa shape index (κ3) is 8.11. The van der Waals surface area contributed by atoms with Crippen LogP contribution in [0.3, 0.4) is 0 Å². The van der Waals surface area contributed by atoms with Crippen molar-refractivity contribution in [3.63, 3.8) is 0 Å². The summed E-state index contributed by atoms with van der Waals surface area (Å²) in [5.41, 5.74) is -0.289. The molecule has 41 heavy (non-hydrogen) atoms. The summed E-state index contributed by atoms with van der Waals surface area (Å²) in [7, 11) is 1.50. The zero-order valence-electron chi connectivity index (χ0n) is 21.4. The van der Waals surface area contributed by atoms with Gasteiger partial charge in [0.05, 0.1) is 30.3 Å². The van der Waals surface area contributed by atoms with Crippen LogP contribution in [-0.2, 0) is 24.7 Å². The van der Waals surface area contributed by atoms with E-state index in [1.807, 2.05) is 0 Å². The zero-order chi connectivity index (χ0) is 29.6. The van der Waals surface area contributed by atoms with Gasteiger partial charge in [0.15, 0.2) is 11.2 Å². The molecule has 0 aliphatic carbocycles. The Kier molecular flexibility index (Phi) is 10.5. The first-order valence-electron chi connectivity index (χ1n) is 12.0. The Morgan fingerprint density at radius 1 is 1.05 bits per heavy atom. The van der Waals surface area contributed by atoms with Crippen molar-refractivity contribution >= 4 is 51.3 Å². The molecular formula is C24H23ClF3IN5O6P. The van der Waals surface area contributed by atoms with Crippen LogP contribution in [0.1, 0.15) is 12.1 Å². The molecule has 4 aromatic rings. The number of ether oxygens (including phenoxy) is 3. The minimum Gasteiger partial charge on any atom is -0.490 e. The van der Waals surface area contributed by atoms with Crippen LogP contribution >= 0.6 is 40.1 Å². The van der Waals surface area contributed by atoms with E-state index in [9.17, 15) is 22.8 Å². The second-order valence-electron chi connectivity index (χ2n) is 8.42. The number of imidazole rings is 1. The molecule has 1 atom stereocenters. The first-order valence-corrected chi connectivity index (χ1v) is 16.4. The number of aromatic nitrogens is 5. The molecule has 0 N–H and O–H groups in total. The van der Waals surface area contributed by atoms with Gasteiger partial charge in [-0.3, -0.25) is 23.5 Å². The number of alkyl halides is 3. The van der Waals surface area contributed by atoms with Crippen LogP contribution in [0.4, 0.5) is 13.2 Å². The van der Waals surface area contributed by atoms with E-state index in [1.54, 1.807) is 12.1 Å². The SMILES string of the molecule is Cn1c(=O)n(CCCOPI)c(=O)c2c1nc(OCCOc1cccc(OC(F)(F)F)c1)n2Cc1ccc(Cl)cn1. The summed E-state index contributed by atoms with van der Waals surface area (Å²) in [5.74, 6) is -0.293. The Labute approximate surface area is 250 Å². The van der Waals surface area contributed by atoms with E-state index in [4.69, 9.17) is 25.6 Å².